The predicted octanol–water partition coefficient (Wildman–Crippen LogP) is 3.43. The second-order valence-corrected chi connectivity index (χ2v) is 8.42. The van der Waals surface area contributed by atoms with Gasteiger partial charge in [-0.05, 0) is 36.8 Å². The normalized spacial score (nSPS) is 27.8. The topological polar surface area (TPSA) is 79.5 Å². The number of rotatable bonds is 3. The molecule has 2 atom stereocenters. The van der Waals surface area contributed by atoms with Gasteiger partial charge in [0.1, 0.15) is 0 Å². The van der Waals surface area contributed by atoms with E-state index in [4.69, 9.17) is 11.6 Å². The molecule has 10 heteroatoms. The van der Waals surface area contributed by atoms with Crippen LogP contribution < -0.4 is 5.32 Å². The van der Waals surface area contributed by atoms with Crippen LogP contribution in [0, 0.1) is 11.8 Å². The molecule has 5 rings (SSSR count). The van der Waals surface area contributed by atoms with E-state index in [0.29, 0.717) is 29.6 Å². The Labute approximate surface area is 173 Å². The number of amides is 1. The lowest BCUT2D eigenvalue weighted by Gasteiger charge is -2.27. The summed E-state index contributed by atoms with van der Waals surface area (Å²) in [5.41, 5.74) is -0.751. The van der Waals surface area contributed by atoms with Crippen LogP contribution in [0.5, 0.6) is 0 Å². The molecule has 1 amide bonds. The summed E-state index contributed by atoms with van der Waals surface area (Å²) >= 11 is 6.18. The molecule has 0 bridgehead atoms. The zero-order chi connectivity index (χ0) is 21.3. The van der Waals surface area contributed by atoms with Crippen molar-refractivity contribution >= 4 is 23.0 Å². The van der Waals surface area contributed by atoms with Crippen molar-refractivity contribution in [2.45, 2.75) is 30.7 Å². The average molecular weight is 437 g/mol. The molecule has 2 N–H and O–H groups in total. The van der Waals surface area contributed by atoms with E-state index in [0.717, 1.165) is 17.8 Å². The summed E-state index contributed by atoms with van der Waals surface area (Å²) in [6, 6.07) is 2.33. The number of nitrogens with one attached hydrogen (secondary N) is 1. The van der Waals surface area contributed by atoms with Gasteiger partial charge in [-0.25, -0.2) is 4.98 Å². The third kappa shape index (κ3) is 3.13. The summed E-state index contributed by atoms with van der Waals surface area (Å²) in [5.74, 6) is -0.517. The standard InChI is InChI=1S/C20H16ClF3N4O2/c21-12-2-15(16-7-26-9-28(16)8-12)19(30)3-13-14(4-19)17(13)27-18(29)10-1-11(6-25-5-10)20(22,23)24/h1-2,5-9,13-14,17,30H,3-4H2,(H,27,29). The highest BCUT2D eigenvalue weighted by molar-refractivity contribution is 6.30. The summed E-state index contributed by atoms with van der Waals surface area (Å²) in [6.07, 6.45) is 3.05. The van der Waals surface area contributed by atoms with Crippen molar-refractivity contribution in [3.8, 4) is 0 Å². The Morgan fingerprint density at radius 1 is 1.20 bits per heavy atom. The van der Waals surface area contributed by atoms with Crippen LogP contribution in [0.3, 0.4) is 0 Å². The van der Waals surface area contributed by atoms with Crippen LogP contribution in [-0.4, -0.2) is 31.4 Å². The molecule has 6 nitrogen and oxygen atoms in total. The van der Waals surface area contributed by atoms with Crippen LogP contribution in [-0.2, 0) is 11.8 Å². The molecule has 3 aromatic rings. The van der Waals surface area contributed by atoms with Crippen molar-refractivity contribution in [1.82, 2.24) is 19.7 Å². The second-order valence-electron chi connectivity index (χ2n) is 7.98. The number of pyridine rings is 2. The summed E-state index contributed by atoms with van der Waals surface area (Å²) < 4.78 is 40.3. The van der Waals surface area contributed by atoms with Crippen molar-refractivity contribution < 1.29 is 23.1 Å². The largest absolute Gasteiger partial charge is 0.417 e. The van der Waals surface area contributed by atoms with Gasteiger partial charge in [0.2, 0.25) is 0 Å². The van der Waals surface area contributed by atoms with Gasteiger partial charge in [-0.15, -0.1) is 0 Å². The van der Waals surface area contributed by atoms with Gasteiger partial charge in [0.05, 0.1) is 39.8 Å². The zero-order valence-electron chi connectivity index (χ0n) is 15.4. The Morgan fingerprint density at radius 3 is 2.63 bits per heavy atom. The monoisotopic (exact) mass is 436 g/mol. The molecule has 0 aliphatic heterocycles. The fourth-order valence-electron chi connectivity index (χ4n) is 4.62. The first-order valence-corrected chi connectivity index (χ1v) is 9.71. The number of alkyl halides is 3. The molecule has 3 aromatic heterocycles. The predicted molar refractivity (Wildman–Crippen MR) is 101 cm³/mol. The number of halogens is 4. The maximum absolute atomic E-state index is 12.8. The van der Waals surface area contributed by atoms with Gasteiger partial charge in [-0.1, -0.05) is 11.6 Å². The van der Waals surface area contributed by atoms with E-state index in [2.05, 4.69) is 15.3 Å². The van der Waals surface area contributed by atoms with Crippen molar-refractivity contribution in [2.24, 2.45) is 11.8 Å². The number of hydrogen-bond acceptors (Lipinski definition) is 4. The summed E-state index contributed by atoms with van der Waals surface area (Å²) in [5, 5.41) is 14.5. The van der Waals surface area contributed by atoms with Gasteiger partial charge in [0, 0.05) is 30.2 Å². The van der Waals surface area contributed by atoms with Crippen molar-refractivity contribution in [3.05, 3.63) is 65.0 Å². The molecule has 0 radical (unpaired) electrons. The summed E-state index contributed by atoms with van der Waals surface area (Å²) in [4.78, 5) is 20.0. The van der Waals surface area contributed by atoms with Crippen LogP contribution >= 0.6 is 11.6 Å². The quantitative estimate of drug-likeness (QED) is 0.659. The Hall–Kier alpha value is -2.65. The smallest absolute Gasteiger partial charge is 0.385 e. The molecule has 2 saturated carbocycles. The van der Waals surface area contributed by atoms with Crippen molar-refractivity contribution in [1.29, 1.82) is 0 Å². The molecule has 0 aromatic carbocycles. The highest BCUT2D eigenvalue weighted by Gasteiger charge is 2.62. The minimum atomic E-state index is -4.56. The van der Waals surface area contributed by atoms with E-state index in [1.54, 1.807) is 29.2 Å². The van der Waals surface area contributed by atoms with E-state index in [1.165, 1.54) is 0 Å². The number of imidazole rings is 1. The lowest BCUT2D eigenvalue weighted by molar-refractivity contribution is -0.137. The van der Waals surface area contributed by atoms with Crippen LogP contribution in [0.4, 0.5) is 13.2 Å². The Kier molecular flexibility index (Phi) is 4.14. The third-order valence-corrected chi connectivity index (χ3v) is 6.30. The Balaban J connectivity index is 1.30. The molecule has 156 valence electrons. The number of aromatic nitrogens is 3. The number of aliphatic hydroxyl groups is 1. The number of hydrogen-bond donors (Lipinski definition) is 2. The minimum absolute atomic E-state index is 0.0414. The maximum Gasteiger partial charge on any atom is 0.417 e. The van der Waals surface area contributed by atoms with Crippen LogP contribution in [0.15, 0.2) is 43.2 Å². The van der Waals surface area contributed by atoms with E-state index < -0.39 is 23.2 Å². The van der Waals surface area contributed by atoms with Crippen molar-refractivity contribution in [3.63, 3.8) is 0 Å². The van der Waals surface area contributed by atoms with Gasteiger partial charge in [-0.2, -0.15) is 13.2 Å². The number of carbonyl (C=O) groups excluding carboxylic acids is 1. The lowest BCUT2D eigenvalue weighted by atomic mass is 9.88. The highest BCUT2D eigenvalue weighted by Crippen LogP contribution is 2.60. The van der Waals surface area contributed by atoms with E-state index in [9.17, 15) is 23.1 Å². The van der Waals surface area contributed by atoms with Gasteiger partial charge in [0.15, 0.2) is 0 Å². The minimum Gasteiger partial charge on any atom is -0.385 e. The molecule has 2 unspecified atom stereocenters. The lowest BCUT2D eigenvalue weighted by Crippen LogP contribution is -2.33. The molecule has 2 fully saturated rings. The molecule has 30 heavy (non-hydrogen) atoms. The first-order chi connectivity index (χ1) is 14.2. The van der Waals surface area contributed by atoms with Gasteiger partial charge in [0.25, 0.3) is 5.91 Å². The summed E-state index contributed by atoms with van der Waals surface area (Å²) in [7, 11) is 0. The van der Waals surface area contributed by atoms with Crippen LogP contribution in [0.2, 0.25) is 5.02 Å². The Bertz CT molecular complexity index is 1150. The maximum atomic E-state index is 12.8. The van der Waals surface area contributed by atoms with Gasteiger partial charge >= 0.3 is 6.18 Å². The SMILES string of the molecule is O=C(NC1C2CC(O)(c3cc(Cl)cn4cncc34)CC21)c1cncc(C(F)(F)F)c1. The molecule has 2 aliphatic rings. The van der Waals surface area contributed by atoms with E-state index in [-0.39, 0.29) is 23.4 Å². The van der Waals surface area contributed by atoms with Crippen molar-refractivity contribution in [2.75, 3.05) is 0 Å². The highest BCUT2D eigenvalue weighted by atomic mass is 35.5. The van der Waals surface area contributed by atoms with Crippen LogP contribution in [0.25, 0.3) is 5.52 Å². The van der Waals surface area contributed by atoms with E-state index >= 15 is 0 Å². The molecule has 0 spiro atoms. The zero-order valence-corrected chi connectivity index (χ0v) is 16.2. The summed E-state index contributed by atoms with van der Waals surface area (Å²) in [6.45, 7) is 0. The Morgan fingerprint density at radius 2 is 1.93 bits per heavy atom. The van der Waals surface area contributed by atoms with Gasteiger partial charge < -0.3 is 14.8 Å². The molecule has 3 heterocycles. The molecule has 0 saturated heterocycles. The number of fused-ring (bicyclic) bond motifs is 2. The van der Waals surface area contributed by atoms with Crippen LogP contribution in [0.1, 0.15) is 34.3 Å². The number of carbonyl (C=O) groups is 1. The van der Waals surface area contributed by atoms with Gasteiger partial charge in [-0.3, -0.25) is 9.78 Å². The average Bonchev–Trinajstić information content (AvgIpc) is 3.03. The first kappa shape index (κ1) is 19.3. The number of nitrogens with zero attached hydrogens (tertiary/aromatic N) is 3. The second kappa shape index (κ2) is 6.42. The fraction of sp³-hybridized carbons (Fsp3) is 0.350. The van der Waals surface area contributed by atoms with E-state index in [1.807, 2.05) is 0 Å². The third-order valence-electron chi connectivity index (χ3n) is 6.09. The first-order valence-electron chi connectivity index (χ1n) is 9.33. The fourth-order valence-corrected chi connectivity index (χ4v) is 4.84. The molecular weight excluding hydrogens is 421 g/mol. The molecular formula is C20H16ClF3N4O2. The molecule has 2 aliphatic carbocycles.